The minimum atomic E-state index is -0.343. The number of benzene rings is 2. The van der Waals surface area contributed by atoms with Gasteiger partial charge in [0.25, 0.3) is 5.91 Å². The molecule has 0 radical (unpaired) electrons. The van der Waals surface area contributed by atoms with Gasteiger partial charge in [-0.15, -0.1) is 0 Å². The highest BCUT2D eigenvalue weighted by Crippen LogP contribution is 2.18. The van der Waals surface area contributed by atoms with Gasteiger partial charge in [0.15, 0.2) is 6.61 Å². The van der Waals surface area contributed by atoms with E-state index in [9.17, 15) is 9.59 Å². The molecular weight excluding hydrogens is 356 g/mol. The van der Waals surface area contributed by atoms with E-state index in [4.69, 9.17) is 9.47 Å². The molecule has 28 heavy (non-hydrogen) atoms. The van der Waals surface area contributed by atoms with Gasteiger partial charge in [-0.3, -0.25) is 4.79 Å². The Hall–Kier alpha value is -3.02. The summed E-state index contributed by atoms with van der Waals surface area (Å²) in [5.74, 6) is 0.685. The molecule has 0 aliphatic carbocycles. The van der Waals surface area contributed by atoms with Crippen molar-refractivity contribution in [2.45, 2.75) is 20.0 Å². The standard InChI is InChI=1S/C22H26N2O4/c1-2-19-10-6-7-11-20(19)27-17-21(25)23-12-14-24(15-13-23)22(26)28-16-18-8-4-3-5-9-18/h3-11H,2,12-17H2,1H3. The molecule has 3 rings (SSSR count). The van der Waals surface area contributed by atoms with Crippen LogP contribution >= 0.6 is 0 Å². The average molecular weight is 382 g/mol. The monoisotopic (exact) mass is 382 g/mol. The second kappa shape index (κ2) is 9.78. The van der Waals surface area contributed by atoms with Crippen molar-refractivity contribution in [2.75, 3.05) is 32.8 Å². The first-order chi connectivity index (χ1) is 13.7. The van der Waals surface area contributed by atoms with Crippen LogP contribution in [-0.2, 0) is 22.6 Å². The SMILES string of the molecule is CCc1ccccc1OCC(=O)N1CCN(C(=O)OCc2ccccc2)CC1. The van der Waals surface area contributed by atoms with Gasteiger partial charge in [0.1, 0.15) is 12.4 Å². The second-order valence-electron chi connectivity index (χ2n) is 6.66. The highest BCUT2D eigenvalue weighted by Gasteiger charge is 2.25. The largest absolute Gasteiger partial charge is 0.483 e. The normalized spacial score (nSPS) is 13.9. The third-order valence-corrected chi connectivity index (χ3v) is 4.80. The van der Waals surface area contributed by atoms with Crippen LogP contribution in [0.1, 0.15) is 18.1 Å². The topological polar surface area (TPSA) is 59.1 Å². The predicted molar refractivity (Wildman–Crippen MR) is 106 cm³/mol. The molecule has 2 aromatic rings. The highest BCUT2D eigenvalue weighted by molar-refractivity contribution is 5.78. The molecule has 1 saturated heterocycles. The number of ether oxygens (including phenoxy) is 2. The summed E-state index contributed by atoms with van der Waals surface area (Å²) < 4.78 is 11.1. The molecule has 0 aromatic heterocycles. The van der Waals surface area contributed by atoms with E-state index >= 15 is 0 Å². The van der Waals surface area contributed by atoms with E-state index in [1.807, 2.05) is 54.6 Å². The number of carbonyl (C=O) groups is 2. The van der Waals surface area contributed by atoms with Gasteiger partial charge >= 0.3 is 6.09 Å². The molecule has 2 amide bonds. The lowest BCUT2D eigenvalue weighted by molar-refractivity contribution is -0.135. The number of hydrogen-bond donors (Lipinski definition) is 0. The summed E-state index contributed by atoms with van der Waals surface area (Å²) in [5.41, 5.74) is 2.04. The fourth-order valence-corrected chi connectivity index (χ4v) is 3.12. The molecule has 0 bridgehead atoms. The van der Waals surface area contributed by atoms with Crippen LogP contribution in [-0.4, -0.2) is 54.6 Å². The Labute approximate surface area is 165 Å². The summed E-state index contributed by atoms with van der Waals surface area (Å²) in [6.45, 7) is 4.21. The molecule has 0 atom stereocenters. The first-order valence-corrected chi connectivity index (χ1v) is 9.61. The van der Waals surface area contributed by atoms with Gasteiger partial charge in [0.2, 0.25) is 0 Å². The van der Waals surface area contributed by atoms with E-state index in [1.165, 1.54) is 0 Å². The summed E-state index contributed by atoms with van der Waals surface area (Å²) in [5, 5.41) is 0. The van der Waals surface area contributed by atoms with Crippen LogP contribution in [0.5, 0.6) is 5.75 Å². The minimum Gasteiger partial charge on any atom is -0.483 e. The van der Waals surface area contributed by atoms with E-state index in [2.05, 4.69) is 6.92 Å². The van der Waals surface area contributed by atoms with Crippen LogP contribution in [0.3, 0.4) is 0 Å². The molecule has 6 heteroatoms. The average Bonchev–Trinajstić information content (AvgIpc) is 2.76. The zero-order valence-corrected chi connectivity index (χ0v) is 16.2. The molecule has 0 saturated carbocycles. The maximum absolute atomic E-state index is 12.4. The van der Waals surface area contributed by atoms with Gasteiger partial charge in [-0.2, -0.15) is 0 Å². The van der Waals surface area contributed by atoms with Crippen molar-refractivity contribution in [1.29, 1.82) is 0 Å². The number of piperazine rings is 1. The number of carbonyl (C=O) groups excluding carboxylic acids is 2. The van der Waals surface area contributed by atoms with E-state index in [-0.39, 0.29) is 25.2 Å². The van der Waals surface area contributed by atoms with Crippen molar-refractivity contribution in [3.63, 3.8) is 0 Å². The Morgan fingerprint density at radius 2 is 1.54 bits per heavy atom. The summed E-state index contributed by atoms with van der Waals surface area (Å²) >= 11 is 0. The van der Waals surface area contributed by atoms with Crippen molar-refractivity contribution >= 4 is 12.0 Å². The summed E-state index contributed by atoms with van der Waals surface area (Å²) in [6.07, 6.45) is 0.512. The lowest BCUT2D eigenvalue weighted by atomic mass is 10.1. The molecule has 6 nitrogen and oxygen atoms in total. The summed E-state index contributed by atoms with van der Waals surface area (Å²) in [4.78, 5) is 28.0. The Balaban J connectivity index is 1.41. The van der Waals surface area contributed by atoms with Gasteiger partial charge in [-0.05, 0) is 23.6 Å². The molecular formula is C22H26N2O4. The van der Waals surface area contributed by atoms with Gasteiger partial charge in [0.05, 0.1) is 0 Å². The van der Waals surface area contributed by atoms with Crippen LogP contribution in [0.2, 0.25) is 0 Å². The quantitative estimate of drug-likeness (QED) is 0.770. The molecule has 0 unspecified atom stereocenters. The third-order valence-electron chi connectivity index (χ3n) is 4.80. The molecule has 0 spiro atoms. The van der Waals surface area contributed by atoms with Crippen molar-refractivity contribution in [2.24, 2.45) is 0 Å². The van der Waals surface area contributed by atoms with Crippen LogP contribution in [0, 0.1) is 0 Å². The van der Waals surface area contributed by atoms with E-state index in [1.54, 1.807) is 9.80 Å². The lowest BCUT2D eigenvalue weighted by Gasteiger charge is -2.34. The van der Waals surface area contributed by atoms with Crippen molar-refractivity contribution < 1.29 is 19.1 Å². The highest BCUT2D eigenvalue weighted by atomic mass is 16.6. The number of nitrogens with zero attached hydrogens (tertiary/aromatic N) is 2. The zero-order chi connectivity index (χ0) is 19.8. The van der Waals surface area contributed by atoms with Gasteiger partial charge < -0.3 is 19.3 Å². The summed E-state index contributed by atoms with van der Waals surface area (Å²) in [6, 6.07) is 17.3. The molecule has 1 aliphatic heterocycles. The van der Waals surface area contributed by atoms with E-state index in [0.29, 0.717) is 26.2 Å². The molecule has 2 aromatic carbocycles. The van der Waals surface area contributed by atoms with Crippen LogP contribution in [0.25, 0.3) is 0 Å². The maximum atomic E-state index is 12.4. The van der Waals surface area contributed by atoms with Gasteiger partial charge in [-0.25, -0.2) is 4.79 Å². The van der Waals surface area contributed by atoms with Crippen molar-refractivity contribution in [3.8, 4) is 5.75 Å². The minimum absolute atomic E-state index is 0.00939. The number of amides is 2. The van der Waals surface area contributed by atoms with Crippen molar-refractivity contribution in [1.82, 2.24) is 9.80 Å². The Morgan fingerprint density at radius 1 is 0.893 bits per heavy atom. The Morgan fingerprint density at radius 3 is 2.25 bits per heavy atom. The molecule has 148 valence electrons. The number of aryl methyl sites for hydroxylation is 1. The molecule has 1 fully saturated rings. The molecule has 1 aliphatic rings. The van der Waals surface area contributed by atoms with Crippen molar-refractivity contribution in [3.05, 3.63) is 65.7 Å². The lowest BCUT2D eigenvalue weighted by Crippen LogP contribution is -2.51. The fraction of sp³-hybridized carbons (Fsp3) is 0.364. The first kappa shape index (κ1) is 19.7. The molecule has 1 heterocycles. The van der Waals surface area contributed by atoms with E-state index < -0.39 is 0 Å². The number of hydrogen-bond acceptors (Lipinski definition) is 4. The smallest absolute Gasteiger partial charge is 0.410 e. The molecule has 0 N–H and O–H groups in total. The zero-order valence-electron chi connectivity index (χ0n) is 16.2. The maximum Gasteiger partial charge on any atom is 0.410 e. The van der Waals surface area contributed by atoms with Crippen LogP contribution in [0.4, 0.5) is 4.79 Å². The number of rotatable bonds is 6. The number of para-hydroxylation sites is 1. The van der Waals surface area contributed by atoms with E-state index in [0.717, 1.165) is 23.3 Å². The third kappa shape index (κ3) is 5.25. The van der Waals surface area contributed by atoms with Gasteiger partial charge in [0, 0.05) is 26.2 Å². The Kier molecular flexibility index (Phi) is 6.89. The first-order valence-electron chi connectivity index (χ1n) is 9.61. The predicted octanol–water partition coefficient (Wildman–Crippen LogP) is 3.11. The van der Waals surface area contributed by atoms with Gasteiger partial charge in [-0.1, -0.05) is 55.5 Å². The fourth-order valence-electron chi connectivity index (χ4n) is 3.12. The second-order valence-corrected chi connectivity index (χ2v) is 6.66. The van der Waals surface area contributed by atoms with Crippen LogP contribution in [0.15, 0.2) is 54.6 Å². The summed E-state index contributed by atoms with van der Waals surface area (Å²) in [7, 11) is 0. The Bertz CT molecular complexity index is 786. The van der Waals surface area contributed by atoms with Crippen LogP contribution < -0.4 is 4.74 Å².